The van der Waals surface area contributed by atoms with Crippen LogP contribution in [0.5, 0.6) is 0 Å². The Morgan fingerprint density at radius 1 is 1.21 bits per heavy atom. The molecule has 0 heterocycles. The van der Waals surface area contributed by atoms with Crippen LogP contribution >= 0.6 is 15.9 Å². The molecule has 2 N–H and O–H groups in total. The van der Waals surface area contributed by atoms with Gasteiger partial charge >= 0.3 is 5.97 Å². The first kappa shape index (κ1) is 13.5. The summed E-state index contributed by atoms with van der Waals surface area (Å²) in [6.07, 6.45) is -0.185. The molecule has 0 atom stereocenters. The second-order valence-electron chi connectivity index (χ2n) is 4.02. The van der Waals surface area contributed by atoms with Crippen molar-refractivity contribution in [1.29, 1.82) is 0 Å². The zero-order valence-corrected chi connectivity index (χ0v) is 11.4. The summed E-state index contributed by atoms with van der Waals surface area (Å²) < 4.78 is 14.7. The molecule has 0 amide bonds. The van der Waals surface area contributed by atoms with Crippen molar-refractivity contribution in [3.05, 3.63) is 58.3 Å². The van der Waals surface area contributed by atoms with Crippen LogP contribution in [0, 0.1) is 5.82 Å². The molecular weight excluding hydrogens is 313 g/mol. The fourth-order valence-electron chi connectivity index (χ4n) is 1.63. The van der Waals surface area contributed by atoms with E-state index in [0.29, 0.717) is 11.3 Å². The highest BCUT2D eigenvalue weighted by Crippen LogP contribution is 2.22. The molecule has 0 radical (unpaired) electrons. The van der Waals surface area contributed by atoms with Gasteiger partial charge in [0, 0.05) is 10.2 Å². The zero-order chi connectivity index (χ0) is 13.8. The van der Waals surface area contributed by atoms with Gasteiger partial charge in [0.15, 0.2) is 0 Å². The van der Waals surface area contributed by atoms with Gasteiger partial charge in [-0.2, -0.15) is 0 Å². The standard InChI is InChI=1S/C14H11BrFNO2/c15-10-2-4-11(5-3-10)17-13-6-1-9(7-12(13)16)8-14(18)19/h1-7,17H,8H2,(H,18,19). The summed E-state index contributed by atoms with van der Waals surface area (Å²) in [5.74, 6) is -1.45. The summed E-state index contributed by atoms with van der Waals surface area (Å²) in [4.78, 5) is 10.5. The van der Waals surface area contributed by atoms with E-state index in [0.717, 1.165) is 10.2 Å². The molecule has 0 aliphatic carbocycles. The predicted octanol–water partition coefficient (Wildman–Crippen LogP) is 3.96. The smallest absolute Gasteiger partial charge is 0.307 e. The lowest BCUT2D eigenvalue weighted by Crippen LogP contribution is -2.01. The maximum absolute atomic E-state index is 13.8. The number of halogens is 2. The van der Waals surface area contributed by atoms with E-state index in [9.17, 15) is 9.18 Å². The van der Waals surface area contributed by atoms with Crippen LogP contribution in [0.4, 0.5) is 15.8 Å². The zero-order valence-electron chi connectivity index (χ0n) is 9.86. The van der Waals surface area contributed by atoms with Crippen molar-refractivity contribution in [3.63, 3.8) is 0 Å². The number of anilines is 2. The predicted molar refractivity (Wildman–Crippen MR) is 75.2 cm³/mol. The number of carboxylic acids is 1. The highest BCUT2D eigenvalue weighted by atomic mass is 79.9. The number of hydrogen-bond acceptors (Lipinski definition) is 2. The first-order valence-corrected chi connectivity index (χ1v) is 6.37. The third-order valence-electron chi connectivity index (χ3n) is 2.51. The molecule has 0 saturated carbocycles. The number of aliphatic carboxylic acids is 1. The van der Waals surface area contributed by atoms with Crippen molar-refractivity contribution in [3.8, 4) is 0 Å². The van der Waals surface area contributed by atoms with Crippen molar-refractivity contribution in [2.75, 3.05) is 5.32 Å². The number of rotatable bonds is 4. The third-order valence-corrected chi connectivity index (χ3v) is 3.04. The second-order valence-corrected chi connectivity index (χ2v) is 4.93. The summed E-state index contributed by atoms with van der Waals surface area (Å²) in [5, 5.41) is 11.6. The van der Waals surface area contributed by atoms with Gasteiger partial charge in [-0.05, 0) is 42.0 Å². The Hall–Kier alpha value is -1.88. The van der Waals surface area contributed by atoms with E-state index in [1.165, 1.54) is 12.1 Å². The van der Waals surface area contributed by atoms with Gasteiger partial charge in [-0.3, -0.25) is 4.79 Å². The van der Waals surface area contributed by atoms with Crippen molar-refractivity contribution in [2.45, 2.75) is 6.42 Å². The molecule has 0 saturated heterocycles. The molecule has 98 valence electrons. The van der Waals surface area contributed by atoms with Crippen LogP contribution < -0.4 is 5.32 Å². The minimum Gasteiger partial charge on any atom is -0.481 e. The van der Waals surface area contributed by atoms with Crippen LogP contribution in [0.1, 0.15) is 5.56 Å². The van der Waals surface area contributed by atoms with Gasteiger partial charge in [0.25, 0.3) is 0 Å². The number of carboxylic acid groups (broad SMARTS) is 1. The first-order valence-electron chi connectivity index (χ1n) is 5.57. The van der Waals surface area contributed by atoms with E-state index in [4.69, 9.17) is 5.11 Å². The van der Waals surface area contributed by atoms with E-state index in [-0.39, 0.29) is 6.42 Å². The molecule has 0 aliphatic rings. The molecule has 0 fully saturated rings. The van der Waals surface area contributed by atoms with Crippen LogP contribution in [0.2, 0.25) is 0 Å². The largest absolute Gasteiger partial charge is 0.481 e. The summed E-state index contributed by atoms with van der Waals surface area (Å²) in [6.45, 7) is 0. The van der Waals surface area contributed by atoms with Gasteiger partial charge in [0.1, 0.15) is 5.82 Å². The van der Waals surface area contributed by atoms with Gasteiger partial charge in [-0.25, -0.2) is 4.39 Å². The maximum atomic E-state index is 13.8. The Bertz CT molecular complexity index is 599. The molecule has 2 aromatic rings. The lowest BCUT2D eigenvalue weighted by Gasteiger charge is -2.08. The third kappa shape index (κ3) is 3.79. The average Bonchev–Trinajstić information content (AvgIpc) is 2.34. The van der Waals surface area contributed by atoms with Crippen molar-refractivity contribution in [1.82, 2.24) is 0 Å². The minimum absolute atomic E-state index is 0.185. The molecule has 19 heavy (non-hydrogen) atoms. The topological polar surface area (TPSA) is 49.3 Å². The van der Waals surface area contributed by atoms with Crippen LogP contribution in [-0.2, 0) is 11.2 Å². The summed E-state index contributed by atoms with van der Waals surface area (Å²) in [7, 11) is 0. The minimum atomic E-state index is -0.979. The molecular formula is C14H11BrFNO2. The highest BCUT2D eigenvalue weighted by molar-refractivity contribution is 9.10. The van der Waals surface area contributed by atoms with Crippen LogP contribution in [0.15, 0.2) is 46.9 Å². The molecule has 0 aromatic heterocycles. The maximum Gasteiger partial charge on any atom is 0.307 e. The van der Waals surface area contributed by atoms with Gasteiger partial charge in [-0.1, -0.05) is 22.0 Å². The molecule has 0 aliphatic heterocycles. The van der Waals surface area contributed by atoms with Gasteiger partial charge < -0.3 is 10.4 Å². The monoisotopic (exact) mass is 323 g/mol. The van der Waals surface area contributed by atoms with Crippen LogP contribution in [0.25, 0.3) is 0 Å². The summed E-state index contributed by atoms with van der Waals surface area (Å²) in [6, 6.07) is 11.7. The molecule has 5 heteroatoms. The van der Waals surface area contributed by atoms with E-state index < -0.39 is 11.8 Å². The summed E-state index contributed by atoms with van der Waals surface area (Å²) in [5.41, 5.74) is 1.51. The number of benzene rings is 2. The summed E-state index contributed by atoms with van der Waals surface area (Å²) >= 11 is 3.32. The Morgan fingerprint density at radius 3 is 2.47 bits per heavy atom. The van der Waals surface area contributed by atoms with Gasteiger partial charge in [0.2, 0.25) is 0 Å². The van der Waals surface area contributed by atoms with Crippen molar-refractivity contribution < 1.29 is 14.3 Å². The van der Waals surface area contributed by atoms with E-state index in [1.807, 2.05) is 24.3 Å². The van der Waals surface area contributed by atoms with E-state index in [2.05, 4.69) is 21.2 Å². The fourth-order valence-corrected chi connectivity index (χ4v) is 1.90. The molecule has 0 spiro atoms. The van der Waals surface area contributed by atoms with Crippen molar-refractivity contribution >= 4 is 33.3 Å². The quantitative estimate of drug-likeness (QED) is 0.895. The van der Waals surface area contributed by atoms with E-state index >= 15 is 0 Å². The normalized spacial score (nSPS) is 10.2. The molecule has 0 unspecified atom stereocenters. The first-order chi connectivity index (χ1) is 9.04. The fraction of sp³-hybridized carbons (Fsp3) is 0.0714. The lowest BCUT2D eigenvalue weighted by molar-refractivity contribution is -0.136. The van der Waals surface area contributed by atoms with Gasteiger partial charge in [-0.15, -0.1) is 0 Å². The number of hydrogen-bond donors (Lipinski definition) is 2. The Kier molecular flexibility index (Phi) is 4.16. The van der Waals surface area contributed by atoms with Gasteiger partial charge in [0.05, 0.1) is 12.1 Å². The van der Waals surface area contributed by atoms with E-state index in [1.54, 1.807) is 6.07 Å². The lowest BCUT2D eigenvalue weighted by atomic mass is 10.1. The molecule has 3 nitrogen and oxygen atoms in total. The SMILES string of the molecule is O=C(O)Cc1ccc(Nc2ccc(Br)cc2)c(F)c1. The molecule has 2 aromatic carbocycles. The number of carbonyl (C=O) groups is 1. The Balaban J connectivity index is 2.17. The average molecular weight is 324 g/mol. The second kappa shape index (κ2) is 5.84. The molecule has 2 rings (SSSR count). The Morgan fingerprint density at radius 2 is 1.89 bits per heavy atom. The number of nitrogens with one attached hydrogen (secondary N) is 1. The van der Waals surface area contributed by atoms with Crippen LogP contribution in [-0.4, -0.2) is 11.1 Å². The van der Waals surface area contributed by atoms with Crippen LogP contribution in [0.3, 0.4) is 0 Å². The molecule has 0 bridgehead atoms. The highest BCUT2D eigenvalue weighted by Gasteiger charge is 2.06. The van der Waals surface area contributed by atoms with Crippen molar-refractivity contribution in [2.24, 2.45) is 0 Å². The Labute approximate surface area is 118 Å².